The number of aromatic nitrogens is 2. The number of halogens is 1. The molecule has 144 valence electrons. The summed E-state index contributed by atoms with van der Waals surface area (Å²) in [5, 5.41) is 12.6. The number of rotatable bonds is 4. The third-order valence-corrected chi connectivity index (χ3v) is 4.61. The van der Waals surface area contributed by atoms with E-state index in [1.54, 1.807) is 12.1 Å². The Bertz CT molecular complexity index is 915. The fourth-order valence-corrected chi connectivity index (χ4v) is 2.92. The van der Waals surface area contributed by atoms with Crippen molar-refractivity contribution < 1.29 is 19.0 Å². The molecule has 1 fully saturated rings. The molecule has 0 saturated carbocycles. The Balaban J connectivity index is 1.89. The summed E-state index contributed by atoms with van der Waals surface area (Å²) >= 11 is 0. The van der Waals surface area contributed by atoms with Crippen molar-refractivity contribution in [3.8, 4) is 5.75 Å². The van der Waals surface area contributed by atoms with Crippen LogP contribution in [0.2, 0.25) is 0 Å². The first kappa shape index (κ1) is 19.0. The normalized spacial score (nSPS) is 17.7. The molecule has 0 aliphatic carbocycles. The maximum Gasteiger partial charge on any atom is 0.296 e. The SMILES string of the molecule is CN1CCOCC1c1nc(C(=O)NCc2ccccc2F)c(O)c(=O)n1C. The molecule has 27 heavy (non-hydrogen) atoms. The number of nitrogens with one attached hydrogen (secondary N) is 1. The highest BCUT2D eigenvalue weighted by Gasteiger charge is 2.28. The Morgan fingerprint density at radius 1 is 1.41 bits per heavy atom. The minimum absolute atomic E-state index is 0.0936. The van der Waals surface area contributed by atoms with E-state index < -0.39 is 23.0 Å². The van der Waals surface area contributed by atoms with Crippen LogP contribution in [0.15, 0.2) is 29.1 Å². The first-order chi connectivity index (χ1) is 12.9. The number of benzene rings is 1. The van der Waals surface area contributed by atoms with Gasteiger partial charge in [-0.15, -0.1) is 0 Å². The van der Waals surface area contributed by atoms with Gasteiger partial charge in [-0.05, 0) is 13.1 Å². The van der Waals surface area contributed by atoms with E-state index in [-0.39, 0.29) is 23.8 Å². The van der Waals surface area contributed by atoms with Crippen molar-refractivity contribution in [2.24, 2.45) is 7.05 Å². The number of ether oxygens (including phenoxy) is 1. The fraction of sp³-hybridized carbons (Fsp3) is 0.389. The van der Waals surface area contributed by atoms with E-state index in [9.17, 15) is 19.1 Å². The van der Waals surface area contributed by atoms with Crippen LogP contribution in [0.4, 0.5) is 4.39 Å². The van der Waals surface area contributed by atoms with E-state index in [0.29, 0.717) is 25.6 Å². The molecule has 2 aromatic rings. The Kier molecular flexibility index (Phi) is 5.52. The number of nitrogens with zero attached hydrogens (tertiary/aromatic N) is 3. The van der Waals surface area contributed by atoms with Crippen molar-refractivity contribution in [3.05, 3.63) is 57.5 Å². The number of morpholine rings is 1. The third kappa shape index (κ3) is 3.83. The Hall–Kier alpha value is -2.78. The number of hydrogen-bond donors (Lipinski definition) is 2. The minimum Gasteiger partial charge on any atom is -0.501 e. The van der Waals surface area contributed by atoms with Gasteiger partial charge in [0, 0.05) is 25.7 Å². The highest BCUT2D eigenvalue weighted by atomic mass is 19.1. The molecule has 1 amide bonds. The van der Waals surface area contributed by atoms with Crippen LogP contribution < -0.4 is 10.9 Å². The molecule has 3 rings (SSSR count). The van der Waals surface area contributed by atoms with Crippen LogP contribution in [-0.4, -0.2) is 52.3 Å². The van der Waals surface area contributed by atoms with E-state index in [1.165, 1.54) is 23.7 Å². The first-order valence-corrected chi connectivity index (χ1v) is 8.49. The average molecular weight is 376 g/mol. The largest absolute Gasteiger partial charge is 0.501 e. The zero-order valence-electron chi connectivity index (χ0n) is 15.1. The standard InChI is InChI=1S/C18H21FN4O4/c1-22-7-8-27-10-13(22)16-21-14(15(24)18(26)23(16)2)17(25)20-9-11-5-3-4-6-12(11)19/h3-6,13,24H,7-10H2,1-2H3,(H,20,25). The van der Waals surface area contributed by atoms with Gasteiger partial charge in [0.05, 0.1) is 19.3 Å². The number of amides is 1. The van der Waals surface area contributed by atoms with Gasteiger partial charge in [-0.2, -0.15) is 0 Å². The van der Waals surface area contributed by atoms with Crippen LogP contribution in [0.5, 0.6) is 5.75 Å². The maximum absolute atomic E-state index is 13.7. The number of likely N-dealkylation sites (N-methyl/N-ethyl adjacent to an activating group) is 1. The van der Waals surface area contributed by atoms with Gasteiger partial charge in [-0.1, -0.05) is 18.2 Å². The van der Waals surface area contributed by atoms with Crippen molar-refractivity contribution in [3.63, 3.8) is 0 Å². The van der Waals surface area contributed by atoms with Gasteiger partial charge in [-0.25, -0.2) is 9.37 Å². The maximum atomic E-state index is 13.7. The summed E-state index contributed by atoms with van der Waals surface area (Å²) in [5.41, 5.74) is -0.826. The number of carbonyl (C=O) groups excluding carboxylic acids is 1. The second kappa shape index (κ2) is 7.85. The van der Waals surface area contributed by atoms with Crippen molar-refractivity contribution >= 4 is 5.91 Å². The Morgan fingerprint density at radius 2 is 2.15 bits per heavy atom. The van der Waals surface area contributed by atoms with Crippen molar-refractivity contribution in [2.75, 3.05) is 26.8 Å². The van der Waals surface area contributed by atoms with Crippen LogP contribution >= 0.6 is 0 Å². The molecule has 1 aliphatic heterocycles. The zero-order chi connectivity index (χ0) is 19.6. The highest BCUT2D eigenvalue weighted by Crippen LogP contribution is 2.22. The molecule has 1 aromatic heterocycles. The monoisotopic (exact) mass is 376 g/mol. The third-order valence-electron chi connectivity index (χ3n) is 4.61. The van der Waals surface area contributed by atoms with Gasteiger partial charge >= 0.3 is 0 Å². The molecular weight excluding hydrogens is 355 g/mol. The van der Waals surface area contributed by atoms with Gasteiger partial charge in [0.15, 0.2) is 5.69 Å². The number of hydrogen-bond acceptors (Lipinski definition) is 6. The molecule has 0 radical (unpaired) electrons. The van der Waals surface area contributed by atoms with Gasteiger partial charge in [0.25, 0.3) is 11.5 Å². The van der Waals surface area contributed by atoms with Crippen LogP contribution in [-0.2, 0) is 18.3 Å². The Labute approximate surface area is 155 Å². The first-order valence-electron chi connectivity index (χ1n) is 8.49. The predicted molar refractivity (Wildman–Crippen MR) is 94.9 cm³/mol. The molecular formula is C18H21FN4O4. The molecule has 2 heterocycles. The van der Waals surface area contributed by atoms with Crippen LogP contribution in [0.3, 0.4) is 0 Å². The topological polar surface area (TPSA) is 96.7 Å². The average Bonchev–Trinajstić information content (AvgIpc) is 2.66. The smallest absolute Gasteiger partial charge is 0.296 e. The van der Waals surface area contributed by atoms with Crippen LogP contribution in [0.1, 0.15) is 27.9 Å². The molecule has 1 atom stereocenters. The molecule has 9 heteroatoms. The molecule has 0 bridgehead atoms. The Morgan fingerprint density at radius 3 is 2.85 bits per heavy atom. The minimum atomic E-state index is -0.755. The summed E-state index contributed by atoms with van der Waals surface area (Å²) in [6.45, 7) is 1.44. The highest BCUT2D eigenvalue weighted by molar-refractivity contribution is 5.94. The predicted octanol–water partition coefficient (Wildman–Crippen LogP) is 0.558. The lowest BCUT2D eigenvalue weighted by molar-refractivity contribution is 0.000180. The van der Waals surface area contributed by atoms with Gasteiger partial charge in [0.2, 0.25) is 5.75 Å². The molecule has 1 aliphatic rings. The lowest BCUT2D eigenvalue weighted by atomic mass is 10.2. The van der Waals surface area contributed by atoms with E-state index >= 15 is 0 Å². The summed E-state index contributed by atoms with van der Waals surface area (Å²) in [7, 11) is 3.35. The quantitative estimate of drug-likeness (QED) is 0.809. The van der Waals surface area contributed by atoms with Crippen molar-refractivity contribution in [2.45, 2.75) is 12.6 Å². The summed E-state index contributed by atoms with van der Waals surface area (Å²) in [4.78, 5) is 31.0. The fourth-order valence-electron chi connectivity index (χ4n) is 2.92. The molecule has 1 unspecified atom stereocenters. The van der Waals surface area contributed by atoms with Gasteiger partial charge in [0.1, 0.15) is 11.6 Å². The molecule has 1 aromatic carbocycles. The van der Waals surface area contributed by atoms with Crippen molar-refractivity contribution in [1.82, 2.24) is 19.8 Å². The molecule has 0 spiro atoms. The summed E-state index contributed by atoms with van der Waals surface area (Å²) < 4.78 is 20.4. The number of aromatic hydroxyl groups is 1. The summed E-state index contributed by atoms with van der Waals surface area (Å²) in [5.74, 6) is -1.64. The molecule has 8 nitrogen and oxygen atoms in total. The summed E-state index contributed by atoms with van der Waals surface area (Å²) in [6.07, 6.45) is 0. The van der Waals surface area contributed by atoms with E-state index in [2.05, 4.69) is 10.3 Å². The lowest BCUT2D eigenvalue weighted by Crippen LogP contribution is -2.41. The van der Waals surface area contributed by atoms with Crippen LogP contribution in [0, 0.1) is 5.82 Å². The van der Waals surface area contributed by atoms with E-state index in [4.69, 9.17) is 4.74 Å². The second-order valence-electron chi connectivity index (χ2n) is 6.38. The van der Waals surface area contributed by atoms with E-state index in [1.807, 2.05) is 11.9 Å². The van der Waals surface area contributed by atoms with E-state index in [0.717, 1.165) is 0 Å². The lowest BCUT2D eigenvalue weighted by Gasteiger charge is -2.32. The number of carbonyl (C=O) groups is 1. The molecule has 1 saturated heterocycles. The molecule has 2 N–H and O–H groups in total. The van der Waals surface area contributed by atoms with Crippen LogP contribution in [0.25, 0.3) is 0 Å². The van der Waals surface area contributed by atoms with Gasteiger partial charge < -0.3 is 15.2 Å². The second-order valence-corrected chi connectivity index (χ2v) is 6.38. The zero-order valence-corrected chi connectivity index (χ0v) is 15.1. The van der Waals surface area contributed by atoms with Gasteiger partial charge in [-0.3, -0.25) is 19.1 Å². The summed E-state index contributed by atoms with van der Waals surface area (Å²) in [6, 6.07) is 5.69. The van der Waals surface area contributed by atoms with Crippen molar-refractivity contribution in [1.29, 1.82) is 0 Å².